The maximum absolute atomic E-state index is 12.5. The Hall–Kier alpha value is -1.35. The van der Waals surface area contributed by atoms with Gasteiger partial charge in [0, 0.05) is 20.2 Å². The summed E-state index contributed by atoms with van der Waals surface area (Å²) in [6.07, 6.45) is 0. The van der Waals surface area contributed by atoms with Gasteiger partial charge in [-0.15, -0.1) is 0 Å². The zero-order valence-electron chi connectivity index (χ0n) is 14.4. The van der Waals surface area contributed by atoms with Crippen LogP contribution in [0.25, 0.3) is 0 Å². The van der Waals surface area contributed by atoms with Crippen LogP contribution < -0.4 is 0 Å². The monoisotopic (exact) mass is 293 g/mol. The molecule has 0 aromatic heterocycles. The van der Waals surface area contributed by atoms with Crippen molar-refractivity contribution < 1.29 is 9.53 Å². The first kappa shape index (κ1) is 19.7. The highest BCUT2D eigenvalue weighted by atomic mass is 16.5. The maximum atomic E-state index is 12.5. The van der Waals surface area contributed by atoms with Gasteiger partial charge in [-0.3, -0.25) is 4.79 Å². The minimum absolute atomic E-state index is 0.0871. The molecule has 0 fully saturated rings. The number of nitrogens with zero attached hydrogens (tertiary/aromatic N) is 1. The molecule has 2 atom stereocenters. The largest absolute Gasteiger partial charge is 0.384 e. The highest BCUT2D eigenvalue weighted by Crippen LogP contribution is 2.18. The third-order valence-electron chi connectivity index (χ3n) is 3.35. The van der Waals surface area contributed by atoms with E-state index in [0.29, 0.717) is 12.5 Å². The average Bonchev–Trinajstić information content (AvgIpc) is 2.54. The van der Waals surface area contributed by atoms with Crippen molar-refractivity contribution in [3.05, 3.63) is 35.9 Å². The first-order valence-electron chi connectivity index (χ1n) is 7.92. The smallest absolute Gasteiger partial charge is 0.229 e. The molecule has 2 unspecified atom stereocenters. The lowest BCUT2D eigenvalue weighted by Gasteiger charge is -2.27. The zero-order valence-corrected chi connectivity index (χ0v) is 14.4. The Morgan fingerprint density at radius 3 is 2.24 bits per heavy atom. The fourth-order valence-electron chi connectivity index (χ4n) is 2.25. The van der Waals surface area contributed by atoms with E-state index in [4.69, 9.17) is 4.74 Å². The highest BCUT2D eigenvalue weighted by molar-refractivity contribution is 5.83. The van der Waals surface area contributed by atoms with Gasteiger partial charge in [-0.25, -0.2) is 0 Å². The fourth-order valence-corrected chi connectivity index (χ4v) is 2.25. The number of carbonyl (C=O) groups excluding carboxylic acids is 1. The molecule has 0 aliphatic rings. The van der Waals surface area contributed by atoms with Crippen molar-refractivity contribution in [2.45, 2.75) is 40.5 Å². The lowest BCUT2D eigenvalue weighted by atomic mass is 9.99. The van der Waals surface area contributed by atoms with Crippen LogP contribution in [0.3, 0.4) is 0 Å². The van der Waals surface area contributed by atoms with E-state index in [9.17, 15) is 4.79 Å². The second kappa shape index (κ2) is 11.3. The van der Waals surface area contributed by atoms with Gasteiger partial charge in [-0.2, -0.15) is 0 Å². The summed E-state index contributed by atoms with van der Waals surface area (Å²) in [4.78, 5) is 14.4. The molecule has 1 amide bonds. The minimum Gasteiger partial charge on any atom is -0.384 e. The van der Waals surface area contributed by atoms with Gasteiger partial charge in [-0.05, 0) is 25.3 Å². The predicted molar refractivity (Wildman–Crippen MR) is 89.5 cm³/mol. The molecule has 0 saturated carbocycles. The molecule has 1 aromatic rings. The van der Waals surface area contributed by atoms with Crippen molar-refractivity contribution in [2.75, 3.05) is 26.8 Å². The standard InChI is InChI=1S/C16H25NO2.C2H6/c1-5-17(11-13(2)12-19-4)16(18)14(3)15-9-7-6-8-10-15;1-2/h6-10,13-14H,5,11-12H2,1-4H3;1-2H3. The van der Waals surface area contributed by atoms with Crippen molar-refractivity contribution in [3.63, 3.8) is 0 Å². The van der Waals surface area contributed by atoms with Gasteiger partial charge in [0.05, 0.1) is 12.5 Å². The van der Waals surface area contributed by atoms with Crippen molar-refractivity contribution >= 4 is 5.91 Å². The first-order chi connectivity index (χ1) is 10.1. The molecule has 0 bridgehead atoms. The van der Waals surface area contributed by atoms with Gasteiger partial charge in [0.15, 0.2) is 0 Å². The normalized spacial score (nSPS) is 12.9. The fraction of sp³-hybridized carbons (Fsp3) is 0.611. The Bertz CT molecular complexity index is 378. The zero-order chi connectivity index (χ0) is 16.3. The lowest BCUT2D eigenvalue weighted by molar-refractivity contribution is -0.133. The van der Waals surface area contributed by atoms with Crippen LogP contribution in [0.1, 0.15) is 46.1 Å². The summed E-state index contributed by atoms with van der Waals surface area (Å²) in [6.45, 7) is 12.3. The summed E-state index contributed by atoms with van der Waals surface area (Å²) in [7, 11) is 1.70. The Morgan fingerprint density at radius 2 is 1.76 bits per heavy atom. The second-order valence-electron chi connectivity index (χ2n) is 5.07. The summed E-state index contributed by atoms with van der Waals surface area (Å²) in [6, 6.07) is 9.94. The van der Waals surface area contributed by atoms with Gasteiger partial charge < -0.3 is 9.64 Å². The third-order valence-corrected chi connectivity index (χ3v) is 3.35. The molecule has 0 heterocycles. The number of amides is 1. The predicted octanol–water partition coefficient (Wildman–Crippen LogP) is 3.95. The SMILES string of the molecule is CC.CCN(CC(C)COC)C(=O)C(C)c1ccccc1. The second-order valence-corrected chi connectivity index (χ2v) is 5.07. The number of likely N-dealkylation sites (N-methyl/N-ethyl adjacent to an activating group) is 1. The summed E-state index contributed by atoms with van der Waals surface area (Å²) < 4.78 is 5.14. The molecule has 1 rings (SSSR count). The summed E-state index contributed by atoms with van der Waals surface area (Å²) >= 11 is 0. The molecule has 3 heteroatoms. The van der Waals surface area contributed by atoms with E-state index < -0.39 is 0 Å². The molecule has 0 aliphatic heterocycles. The van der Waals surface area contributed by atoms with Crippen LogP contribution in [-0.2, 0) is 9.53 Å². The van der Waals surface area contributed by atoms with Crippen LogP contribution in [0.2, 0.25) is 0 Å². The van der Waals surface area contributed by atoms with E-state index in [1.807, 2.05) is 62.9 Å². The molecule has 21 heavy (non-hydrogen) atoms. The first-order valence-corrected chi connectivity index (χ1v) is 7.92. The molecular formula is C18H31NO2. The van der Waals surface area contributed by atoms with Crippen LogP contribution in [0.15, 0.2) is 30.3 Å². The Morgan fingerprint density at radius 1 is 1.19 bits per heavy atom. The topological polar surface area (TPSA) is 29.5 Å². The Labute approximate surface area is 130 Å². The highest BCUT2D eigenvalue weighted by Gasteiger charge is 2.21. The number of benzene rings is 1. The molecule has 0 radical (unpaired) electrons. The molecule has 3 nitrogen and oxygen atoms in total. The van der Waals surface area contributed by atoms with Crippen LogP contribution >= 0.6 is 0 Å². The molecule has 0 saturated heterocycles. The van der Waals surface area contributed by atoms with Gasteiger partial charge in [0.2, 0.25) is 5.91 Å². The number of ether oxygens (including phenoxy) is 1. The third kappa shape index (κ3) is 6.76. The van der Waals surface area contributed by atoms with Crippen molar-refractivity contribution in [1.82, 2.24) is 4.90 Å². The van der Waals surface area contributed by atoms with E-state index in [1.165, 1.54) is 0 Å². The summed E-state index contributed by atoms with van der Waals surface area (Å²) in [5.41, 5.74) is 1.07. The van der Waals surface area contributed by atoms with E-state index >= 15 is 0 Å². The molecule has 120 valence electrons. The lowest BCUT2D eigenvalue weighted by Crippen LogP contribution is -2.38. The quantitative estimate of drug-likeness (QED) is 0.762. The number of hydrogen-bond acceptors (Lipinski definition) is 2. The number of rotatable bonds is 7. The average molecular weight is 293 g/mol. The Balaban J connectivity index is 0.00000191. The number of methoxy groups -OCH3 is 1. The number of carbonyl (C=O) groups is 1. The van der Waals surface area contributed by atoms with E-state index in [-0.39, 0.29) is 11.8 Å². The summed E-state index contributed by atoms with van der Waals surface area (Å²) in [5.74, 6) is 0.462. The molecule has 0 aliphatic carbocycles. The van der Waals surface area contributed by atoms with E-state index in [2.05, 4.69) is 6.92 Å². The maximum Gasteiger partial charge on any atom is 0.229 e. The molecule has 0 N–H and O–H groups in total. The van der Waals surface area contributed by atoms with E-state index in [0.717, 1.165) is 18.7 Å². The number of hydrogen-bond donors (Lipinski definition) is 0. The summed E-state index contributed by atoms with van der Waals surface area (Å²) in [5, 5.41) is 0. The molecule has 1 aromatic carbocycles. The van der Waals surface area contributed by atoms with Gasteiger partial charge in [0.25, 0.3) is 0 Å². The van der Waals surface area contributed by atoms with Gasteiger partial charge >= 0.3 is 0 Å². The minimum atomic E-state index is -0.0871. The van der Waals surface area contributed by atoms with Crippen molar-refractivity contribution in [2.24, 2.45) is 5.92 Å². The van der Waals surface area contributed by atoms with Crippen LogP contribution in [0, 0.1) is 5.92 Å². The van der Waals surface area contributed by atoms with Crippen molar-refractivity contribution in [1.29, 1.82) is 0 Å². The molecular weight excluding hydrogens is 262 g/mol. The van der Waals surface area contributed by atoms with Crippen molar-refractivity contribution in [3.8, 4) is 0 Å². The Kier molecular flexibility index (Phi) is 10.6. The van der Waals surface area contributed by atoms with Crippen LogP contribution in [-0.4, -0.2) is 37.6 Å². The van der Waals surface area contributed by atoms with Gasteiger partial charge in [-0.1, -0.05) is 51.1 Å². The van der Waals surface area contributed by atoms with Crippen LogP contribution in [0.4, 0.5) is 0 Å². The molecule has 0 spiro atoms. The van der Waals surface area contributed by atoms with Gasteiger partial charge in [0.1, 0.15) is 0 Å². The van der Waals surface area contributed by atoms with E-state index in [1.54, 1.807) is 7.11 Å². The van der Waals surface area contributed by atoms with Crippen LogP contribution in [0.5, 0.6) is 0 Å².